The Hall–Kier alpha value is -3.10. The average molecular weight is 383 g/mol. The van der Waals surface area contributed by atoms with Gasteiger partial charge >= 0.3 is 12.3 Å². The van der Waals surface area contributed by atoms with Crippen molar-refractivity contribution in [2.75, 3.05) is 18.6 Å². The first kappa shape index (κ1) is 18.7. The van der Waals surface area contributed by atoms with Gasteiger partial charge in [0.05, 0.1) is 19.3 Å². The molecule has 0 saturated carbocycles. The molecule has 0 bridgehead atoms. The molecule has 6 nitrogen and oxygen atoms in total. The molecule has 3 rings (SSSR count). The lowest BCUT2D eigenvalue weighted by Crippen LogP contribution is -2.44. The number of hydrogen-bond acceptors (Lipinski definition) is 5. The summed E-state index contributed by atoms with van der Waals surface area (Å²) < 4.78 is 51.9. The molecule has 1 aliphatic heterocycles. The minimum Gasteiger partial charge on any atom is -0.497 e. The van der Waals surface area contributed by atoms with Crippen molar-refractivity contribution in [2.45, 2.75) is 19.0 Å². The first-order chi connectivity index (χ1) is 12.7. The molecule has 1 N–H and O–H groups in total. The van der Waals surface area contributed by atoms with E-state index in [1.165, 1.54) is 19.2 Å². The molecule has 0 saturated heterocycles. The maximum Gasteiger partial charge on any atom is 0.573 e. The fourth-order valence-corrected chi connectivity index (χ4v) is 2.76. The molecule has 144 valence electrons. The van der Waals surface area contributed by atoms with Crippen LogP contribution in [-0.4, -0.2) is 37.2 Å². The van der Waals surface area contributed by atoms with Crippen LogP contribution >= 0.6 is 0 Å². The van der Waals surface area contributed by atoms with E-state index in [0.29, 0.717) is 11.4 Å². The van der Waals surface area contributed by atoms with Gasteiger partial charge in [0, 0.05) is 12.6 Å². The molecular weight excluding hydrogens is 367 g/mol. The Morgan fingerprint density at radius 2 is 1.89 bits per heavy atom. The normalized spacial score (nSPS) is 16.3. The fraction of sp³-hybridized carbons (Fsp3) is 0.278. The van der Waals surface area contributed by atoms with E-state index >= 15 is 0 Å². The summed E-state index contributed by atoms with van der Waals surface area (Å²) in [5, 5.41) is 9.28. The number of aliphatic carboxylic acids is 1. The van der Waals surface area contributed by atoms with Crippen LogP contribution < -0.4 is 19.1 Å². The molecule has 0 amide bonds. The number of carbonyl (C=O) groups is 1. The Labute approximate surface area is 152 Å². The maximum absolute atomic E-state index is 12.5. The molecule has 0 fully saturated rings. The van der Waals surface area contributed by atoms with Gasteiger partial charge in [-0.25, -0.2) is 4.79 Å². The molecule has 1 heterocycles. The number of methoxy groups -OCH3 is 1. The lowest BCUT2D eigenvalue weighted by atomic mass is 10.1. The number of ether oxygens (including phenoxy) is 3. The van der Waals surface area contributed by atoms with Crippen molar-refractivity contribution >= 4 is 11.7 Å². The van der Waals surface area contributed by atoms with Crippen LogP contribution in [0.3, 0.4) is 0 Å². The number of anilines is 1. The summed E-state index contributed by atoms with van der Waals surface area (Å²) in [7, 11) is 1.53. The standard InChI is InChI=1S/C18H16F3NO5/c1-25-12-4-2-11(3-5-12)9-22-10-16(17(23)24)26-15-7-6-13(8-14(15)22)27-18(19,20)21/h2-8,16H,9-10H2,1H3,(H,23,24). The number of hydrogen-bond donors (Lipinski definition) is 1. The number of benzene rings is 2. The Balaban J connectivity index is 1.91. The van der Waals surface area contributed by atoms with Crippen LogP contribution in [0.15, 0.2) is 42.5 Å². The second-order valence-electron chi connectivity index (χ2n) is 5.85. The minimum atomic E-state index is -4.83. The molecular formula is C18H16F3NO5. The second-order valence-corrected chi connectivity index (χ2v) is 5.85. The zero-order valence-corrected chi connectivity index (χ0v) is 14.2. The number of carboxylic acids is 1. The molecule has 0 spiro atoms. The number of fused-ring (bicyclic) bond motifs is 1. The van der Waals surface area contributed by atoms with Crippen molar-refractivity contribution < 1.29 is 37.3 Å². The van der Waals surface area contributed by atoms with Gasteiger partial charge in [-0.1, -0.05) is 12.1 Å². The largest absolute Gasteiger partial charge is 0.573 e. The van der Waals surface area contributed by atoms with Crippen LogP contribution in [0.4, 0.5) is 18.9 Å². The van der Waals surface area contributed by atoms with E-state index in [-0.39, 0.29) is 18.8 Å². The van der Waals surface area contributed by atoms with Crippen molar-refractivity contribution in [1.29, 1.82) is 0 Å². The van der Waals surface area contributed by atoms with E-state index in [9.17, 15) is 23.1 Å². The minimum absolute atomic E-state index is 0.0240. The van der Waals surface area contributed by atoms with E-state index in [1.807, 2.05) is 0 Å². The Kier molecular flexibility index (Phi) is 5.02. The summed E-state index contributed by atoms with van der Waals surface area (Å²) in [6.07, 6.45) is -5.96. The van der Waals surface area contributed by atoms with Crippen LogP contribution in [0.25, 0.3) is 0 Å². The highest BCUT2D eigenvalue weighted by Gasteiger charge is 2.34. The van der Waals surface area contributed by atoms with E-state index < -0.39 is 24.2 Å². The lowest BCUT2D eigenvalue weighted by Gasteiger charge is -2.35. The van der Waals surface area contributed by atoms with Crippen molar-refractivity contribution in [3.05, 3.63) is 48.0 Å². The monoisotopic (exact) mass is 383 g/mol. The molecule has 0 radical (unpaired) electrons. The van der Waals surface area contributed by atoms with E-state index in [4.69, 9.17) is 9.47 Å². The first-order valence-corrected chi connectivity index (χ1v) is 7.92. The fourth-order valence-electron chi connectivity index (χ4n) is 2.76. The number of nitrogens with zero attached hydrogens (tertiary/aromatic N) is 1. The van der Waals surface area contributed by atoms with Gasteiger partial charge in [-0.3, -0.25) is 0 Å². The van der Waals surface area contributed by atoms with Gasteiger partial charge in [-0.2, -0.15) is 0 Å². The van der Waals surface area contributed by atoms with Crippen molar-refractivity contribution in [1.82, 2.24) is 0 Å². The third kappa shape index (κ3) is 4.55. The number of carboxylic acid groups (broad SMARTS) is 1. The van der Waals surface area contributed by atoms with E-state index in [0.717, 1.165) is 11.6 Å². The third-order valence-electron chi connectivity index (χ3n) is 3.97. The summed E-state index contributed by atoms with van der Waals surface area (Å²) in [5.41, 5.74) is 1.15. The number of halogens is 3. The highest BCUT2D eigenvalue weighted by Crippen LogP contribution is 2.38. The summed E-state index contributed by atoms with van der Waals surface area (Å²) in [5.74, 6) is -0.726. The zero-order valence-electron chi connectivity index (χ0n) is 14.2. The van der Waals surface area contributed by atoms with E-state index in [1.54, 1.807) is 29.2 Å². The van der Waals surface area contributed by atoms with Crippen LogP contribution in [0.1, 0.15) is 5.56 Å². The van der Waals surface area contributed by atoms with Gasteiger partial charge in [0.2, 0.25) is 6.10 Å². The maximum atomic E-state index is 12.5. The average Bonchev–Trinajstić information content (AvgIpc) is 2.61. The van der Waals surface area contributed by atoms with E-state index in [2.05, 4.69) is 4.74 Å². The van der Waals surface area contributed by atoms with Crippen molar-refractivity contribution in [3.63, 3.8) is 0 Å². The SMILES string of the molecule is COc1ccc(CN2CC(C(=O)O)Oc3ccc(OC(F)(F)F)cc32)cc1. The number of rotatable bonds is 5. The topological polar surface area (TPSA) is 68.2 Å². The summed E-state index contributed by atoms with van der Waals surface area (Å²) in [4.78, 5) is 13.0. The molecule has 0 aliphatic carbocycles. The second kappa shape index (κ2) is 7.26. The van der Waals surface area contributed by atoms with Gasteiger partial charge in [0.25, 0.3) is 0 Å². The van der Waals surface area contributed by atoms with Gasteiger partial charge in [-0.05, 0) is 29.8 Å². The van der Waals surface area contributed by atoms with Gasteiger partial charge < -0.3 is 24.2 Å². The number of alkyl halides is 3. The predicted molar refractivity (Wildman–Crippen MR) is 89.2 cm³/mol. The molecule has 2 aromatic carbocycles. The summed E-state index contributed by atoms with van der Waals surface area (Å²) in [6.45, 7) is 0.253. The first-order valence-electron chi connectivity index (χ1n) is 7.92. The highest BCUT2D eigenvalue weighted by molar-refractivity contribution is 5.76. The molecule has 27 heavy (non-hydrogen) atoms. The molecule has 0 aromatic heterocycles. The predicted octanol–water partition coefficient (Wildman–Crippen LogP) is 3.45. The van der Waals surface area contributed by atoms with Crippen LogP contribution in [0.5, 0.6) is 17.2 Å². The van der Waals surface area contributed by atoms with Crippen LogP contribution in [0, 0.1) is 0 Å². The Morgan fingerprint density at radius 3 is 2.48 bits per heavy atom. The van der Waals surface area contributed by atoms with Crippen LogP contribution in [-0.2, 0) is 11.3 Å². The smallest absolute Gasteiger partial charge is 0.497 e. The Bertz CT molecular complexity index is 823. The Morgan fingerprint density at radius 1 is 1.22 bits per heavy atom. The lowest BCUT2D eigenvalue weighted by molar-refractivity contribution is -0.274. The van der Waals surface area contributed by atoms with Crippen molar-refractivity contribution in [2.24, 2.45) is 0 Å². The molecule has 1 aliphatic rings. The van der Waals surface area contributed by atoms with Gasteiger partial charge in [0.15, 0.2) is 0 Å². The third-order valence-corrected chi connectivity index (χ3v) is 3.97. The molecule has 9 heteroatoms. The van der Waals surface area contributed by atoms with Gasteiger partial charge in [-0.15, -0.1) is 13.2 Å². The highest BCUT2D eigenvalue weighted by atomic mass is 19.4. The summed E-state index contributed by atoms with van der Waals surface area (Å²) in [6, 6.07) is 10.6. The quantitative estimate of drug-likeness (QED) is 0.853. The molecule has 1 unspecified atom stereocenters. The van der Waals surface area contributed by atoms with Gasteiger partial charge in [0.1, 0.15) is 17.2 Å². The van der Waals surface area contributed by atoms with Crippen LogP contribution in [0.2, 0.25) is 0 Å². The van der Waals surface area contributed by atoms with Crippen molar-refractivity contribution in [3.8, 4) is 17.2 Å². The molecule has 2 aromatic rings. The molecule has 1 atom stereocenters. The summed E-state index contributed by atoms with van der Waals surface area (Å²) >= 11 is 0. The zero-order chi connectivity index (χ0) is 19.6.